The first-order valence-electron chi connectivity index (χ1n) is 6.58. The monoisotopic (exact) mass is 280 g/mol. The van der Waals surface area contributed by atoms with Gasteiger partial charge in [0.05, 0.1) is 5.52 Å². The van der Waals surface area contributed by atoms with Crippen LogP contribution in [-0.2, 0) is 6.54 Å². The Kier molecular flexibility index (Phi) is 3.23. The number of fused-ring (bicyclic) bond motifs is 1. The summed E-state index contributed by atoms with van der Waals surface area (Å²) >= 11 is 0. The van der Waals surface area contributed by atoms with Gasteiger partial charge < -0.3 is 16.2 Å². The Hall–Kier alpha value is -2.95. The molecule has 5 N–H and O–H groups in total. The van der Waals surface area contributed by atoms with Gasteiger partial charge in [-0.2, -0.15) is 5.10 Å². The highest BCUT2D eigenvalue weighted by molar-refractivity contribution is 5.89. The predicted octanol–water partition coefficient (Wildman–Crippen LogP) is 2.61. The summed E-state index contributed by atoms with van der Waals surface area (Å²) in [6.45, 7) is 4.64. The topological polar surface area (TPSA) is 87.0 Å². The van der Waals surface area contributed by atoms with Crippen molar-refractivity contribution >= 4 is 22.4 Å². The Morgan fingerprint density at radius 2 is 2.00 bits per heavy atom. The Bertz CT molecular complexity index is 790. The van der Waals surface area contributed by atoms with Gasteiger partial charge >= 0.3 is 0 Å². The Morgan fingerprint density at radius 1 is 1.24 bits per heavy atom. The highest BCUT2D eigenvalue weighted by atomic mass is 16.3. The second-order valence-electron chi connectivity index (χ2n) is 4.87. The van der Waals surface area contributed by atoms with Gasteiger partial charge in [-0.15, -0.1) is 0 Å². The molecule has 2 aromatic carbocycles. The molecule has 0 saturated carbocycles. The molecule has 0 aliphatic carbocycles. The lowest BCUT2D eigenvalue weighted by atomic mass is 10.1. The lowest BCUT2D eigenvalue weighted by molar-refractivity contribution is 0.475. The van der Waals surface area contributed by atoms with E-state index in [1.807, 2.05) is 30.3 Å². The maximum absolute atomic E-state index is 9.28. The average molecular weight is 280 g/mol. The van der Waals surface area contributed by atoms with Gasteiger partial charge in [-0.25, -0.2) is 0 Å². The number of hydrogen-bond donors (Lipinski definition) is 4. The predicted molar refractivity (Wildman–Crippen MR) is 84.5 cm³/mol. The van der Waals surface area contributed by atoms with Crippen molar-refractivity contribution in [3.63, 3.8) is 0 Å². The molecule has 0 aliphatic heterocycles. The number of aromatic nitrogens is 2. The molecule has 21 heavy (non-hydrogen) atoms. The minimum Gasteiger partial charge on any atom is -0.508 e. The van der Waals surface area contributed by atoms with E-state index in [9.17, 15) is 5.11 Å². The number of benzene rings is 2. The SMILES string of the molecule is C=C(NCc1ccc2[nH]nc(N)c2c1)c1ccc(O)cc1. The van der Waals surface area contributed by atoms with Crippen LogP contribution in [0.3, 0.4) is 0 Å². The summed E-state index contributed by atoms with van der Waals surface area (Å²) in [7, 11) is 0. The van der Waals surface area contributed by atoms with Crippen molar-refractivity contribution in [3.05, 3.63) is 60.2 Å². The average Bonchev–Trinajstić information content (AvgIpc) is 2.87. The van der Waals surface area contributed by atoms with E-state index >= 15 is 0 Å². The fourth-order valence-electron chi connectivity index (χ4n) is 2.16. The molecule has 1 aromatic heterocycles. The van der Waals surface area contributed by atoms with Crippen LogP contribution in [-0.4, -0.2) is 15.3 Å². The molecule has 1 heterocycles. The normalized spacial score (nSPS) is 10.7. The first-order chi connectivity index (χ1) is 10.1. The lowest BCUT2D eigenvalue weighted by Crippen LogP contribution is -2.10. The van der Waals surface area contributed by atoms with Gasteiger partial charge in [0.15, 0.2) is 5.82 Å². The van der Waals surface area contributed by atoms with Gasteiger partial charge in [0, 0.05) is 17.6 Å². The molecular formula is C16H16N4O. The summed E-state index contributed by atoms with van der Waals surface area (Å²) in [5.74, 6) is 0.747. The van der Waals surface area contributed by atoms with Crippen LogP contribution in [0.15, 0.2) is 49.0 Å². The molecule has 3 aromatic rings. The third-order valence-electron chi connectivity index (χ3n) is 3.38. The van der Waals surface area contributed by atoms with Crippen LogP contribution in [0.5, 0.6) is 5.75 Å². The van der Waals surface area contributed by atoms with E-state index in [0.29, 0.717) is 12.4 Å². The van der Waals surface area contributed by atoms with Crippen molar-refractivity contribution in [3.8, 4) is 5.75 Å². The molecule has 0 unspecified atom stereocenters. The van der Waals surface area contributed by atoms with Crippen LogP contribution in [0.25, 0.3) is 16.6 Å². The van der Waals surface area contributed by atoms with Crippen molar-refractivity contribution in [2.24, 2.45) is 0 Å². The number of nitrogen functional groups attached to an aromatic ring is 1. The number of phenols is 1. The molecule has 3 rings (SSSR count). The van der Waals surface area contributed by atoms with Crippen LogP contribution < -0.4 is 11.1 Å². The Labute approximate surface area is 122 Å². The van der Waals surface area contributed by atoms with E-state index in [1.165, 1.54) is 0 Å². The summed E-state index contributed by atoms with van der Waals surface area (Å²) in [4.78, 5) is 0. The zero-order valence-electron chi connectivity index (χ0n) is 11.4. The molecule has 0 aliphatic rings. The van der Waals surface area contributed by atoms with Gasteiger partial charge in [0.2, 0.25) is 0 Å². The lowest BCUT2D eigenvalue weighted by Gasteiger charge is -2.10. The zero-order chi connectivity index (χ0) is 14.8. The van der Waals surface area contributed by atoms with Gasteiger partial charge in [0.1, 0.15) is 5.75 Å². The summed E-state index contributed by atoms with van der Waals surface area (Å²) in [5.41, 5.74) is 9.56. The number of rotatable bonds is 4. The number of phenolic OH excluding ortho intramolecular Hbond substituents is 1. The summed E-state index contributed by atoms with van der Waals surface area (Å²) in [5, 5.41) is 20.3. The van der Waals surface area contributed by atoms with Crippen LogP contribution in [0.4, 0.5) is 5.82 Å². The summed E-state index contributed by atoms with van der Waals surface area (Å²) in [6.07, 6.45) is 0. The van der Waals surface area contributed by atoms with Gasteiger partial charge in [-0.05, 0) is 47.5 Å². The third kappa shape index (κ3) is 2.67. The number of hydrogen-bond acceptors (Lipinski definition) is 4. The molecule has 0 amide bonds. The number of nitrogens with two attached hydrogens (primary N) is 1. The van der Waals surface area contributed by atoms with Gasteiger partial charge in [-0.3, -0.25) is 5.10 Å². The molecule has 0 saturated heterocycles. The fourth-order valence-corrected chi connectivity index (χ4v) is 2.16. The number of aromatic hydroxyl groups is 1. The number of nitrogens with one attached hydrogen (secondary N) is 2. The largest absolute Gasteiger partial charge is 0.508 e. The van der Waals surface area contributed by atoms with Crippen molar-refractivity contribution in [2.75, 3.05) is 5.73 Å². The van der Waals surface area contributed by atoms with Crippen molar-refractivity contribution in [2.45, 2.75) is 6.54 Å². The highest BCUT2D eigenvalue weighted by Gasteiger charge is 2.04. The minimum absolute atomic E-state index is 0.243. The van der Waals surface area contributed by atoms with Crippen LogP contribution in [0.2, 0.25) is 0 Å². The standard InChI is InChI=1S/C16H16N4O/c1-10(12-3-5-13(21)6-4-12)18-9-11-2-7-15-14(8-11)16(17)20-19-15/h2-8,18,21H,1,9H2,(H3,17,19,20). The first-order valence-corrected chi connectivity index (χ1v) is 6.58. The van der Waals surface area contributed by atoms with Crippen molar-refractivity contribution in [1.29, 1.82) is 0 Å². The van der Waals surface area contributed by atoms with E-state index in [0.717, 1.165) is 27.7 Å². The molecule has 0 bridgehead atoms. The van der Waals surface area contributed by atoms with Crippen molar-refractivity contribution < 1.29 is 5.11 Å². The van der Waals surface area contributed by atoms with E-state index in [1.54, 1.807) is 12.1 Å². The molecule has 5 heteroatoms. The quantitative estimate of drug-likeness (QED) is 0.591. The third-order valence-corrected chi connectivity index (χ3v) is 3.38. The molecular weight excluding hydrogens is 264 g/mol. The Balaban J connectivity index is 1.72. The molecule has 106 valence electrons. The second-order valence-corrected chi connectivity index (χ2v) is 4.87. The minimum atomic E-state index is 0.243. The molecule has 0 radical (unpaired) electrons. The van der Waals surface area contributed by atoms with E-state index in [2.05, 4.69) is 22.1 Å². The fraction of sp³-hybridized carbons (Fsp3) is 0.0625. The summed E-state index contributed by atoms with van der Waals surface area (Å²) < 4.78 is 0. The zero-order valence-corrected chi connectivity index (χ0v) is 11.4. The second kappa shape index (κ2) is 5.20. The molecule has 5 nitrogen and oxygen atoms in total. The number of H-pyrrole nitrogens is 1. The maximum Gasteiger partial charge on any atom is 0.153 e. The van der Waals surface area contributed by atoms with Gasteiger partial charge in [-0.1, -0.05) is 12.6 Å². The van der Waals surface area contributed by atoms with Crippen molar-refractivity contribution in [1.82, 2.24) is 15.5 Å². The van der Waals surface area contributed by atoms with Crippen LogP contribution in [0.1, 0.15) is 11.1 Å². The maximum atomic E-state index is 9.28. The van der Waals surface area contributed by atoms with E-state index < -0.39 is 0 Å². The molecule has 0 fully saturated rings. The smallest absolute Gasteiger partial charge is 0.153 e. The van der Waals surface area contributed by atoms with Crippen LogP contribution >= 0.6 is 0 Å². The molecule has 0 spiro atoms. The number of nitrogens with zero attached hydrogens (tertiary/aromatic N) is 1. The first kappa shape index (κ1) is 13.1. The Morgan fingerprint density at radius 3 is 2.76 bits per heavy atom. The summed E-state index contributed by atoms with van der Waals surface area (Å²) in [6, 6.07) is 12.9. The number of anilines is 1. The van der Waals surface area contributed by atoms with E-state index in [4.69, 9.17) is 5.73 Å². The van der Waals surface area contributed by atoms with Crippen LogP contribution in [0, 0.1) is 0 Å². The van der Waals surface area contributed by atoms with Gasteiger partial charge in [0.25, 0.3) is 0 Å². The number of aromatic amines is 1. The molecule has 0 atom stereocenters. The highest BCUT2D eigenvalue weighted by Crippen LogP contribution is 2.20. The van der Waals surface area contributed by atoms with E-state index in [-0.39, 0.29) is 5.75 Å².